The van der Waals surface area contributed by atoms with Crippen LogP contribution in [0.25, 0.3) is 11.3 Å². The topological polar surface area (TPSA) is 80.9 Å². The number of furan rings is 1. The Bertz CT molecular complexity index is 840. The number of esters is 1. The van der Waals surface area contributed by atoms with Crippen LogP contribution in [0.5, 0.6) is 0 Å². The summed E-state index contributed by atoms with van der Waals surface area (Å²) in [6, 6.07) is 10.5. The van der Waals surface area contributed by atoms with Gasteiger partial charge in [0.1, 0.15) is 11.5 Å². The van der Waals surface area contributed by atoms with Gasteiger partial charge in [0, 0.05) is 17.1 Å². The number of thioether (sulfide) groups is 2. The van der Waals surface area contributed by atoms with Gasteiger partial charge in [-0.1, -0.05) is 12.1 Å². The Morgan fingerprint density at radius 1 is 1.22 bits per heavy atom. The van der Waals surface area contributed by atoms with Crippen LogP contribution in [-0.2, 0) is 9.53 Å². The van der Waals surface area contributed by atoms with Crippen molar-refractivity contribution in [1.82, 2.24) is 5.43 Å². The first-order valence-corrected chi connectivity index (χ1v) is 10.3. The quantitative estimate of drug-likeness (QED) is 0.448. The Morgan fingerprint density at radius 2 is 1.93 bits per heavy atom. The van der Waals surface area contributed by atoms with Crippen molar-refractivity contribution in [3.05, 3.63) is 47.7 Å². The predicted molar refractivity (Wildman–Crippen MR) is 109 cm³/mol. The fourth-order valence-corrected chi connectivity index (χ4v) is 5.45. The summed E-state index contributed by atoms with van der Waals surface area (Å²) in [4.78, 5) is 23.5. The van der Waals surface area contributed by atoms with E-state index in [1.165, 1.54) is 13.3 Å². The molecule has 1 N–H and O–H groups in total. The number of nitrogens with zero attached hydrogens (tertiary/aromatic N) is 1. The number of rotatable bonds is 6. The molecule has 0 radical (unpaired) electrons. The molecule has 2 heterocycles. The van der Waals surface area contributed by atoms with E-state index in [1.807, 2.05) is 29.6 Å². The van der Waals surface area contributed by atoms with Crippen LogP contribution in [0.2, 0.25) is 0 Å². The zero-order valence-electron chi connectivity index (χ0n) is 15.1. The van der Waals surface area contributed by atoms with Crippen LogP contribution in [0.4, 0.5) is 0 Å². The van der Waals surface area contributed by atoms with Crippen LogP contribution in [0.15, 0.2) is 45.9 Å². The lowest BCUT2D eigenvalue weighted by Gasteiger charge is -2.19. The predicted octanol–water partition coefficient (Wildman–Crippen LogP) is 3.77. The molecule has 0 spiro atoms. The maximum atomic E-state index is 12.0. The minimum Gasteiger partial charge on any atom is -0.465 e. The van der Waals surface area contributed by atoms with Gasteiger partial charge < -0.3 is 9.15 Å². The molecule has 0 saturated carbocycles. The second-order valence-corrected chi connectivity index (χ2v) is 9.53. The first kappa shape index (κ1) is 19.6. The van der Waals surface area contributed by atoms with Crippen molar-refractivity contribution >= 4 is 41.6 Å². The number of hydrazone groups is 1. The molecule has 1 amide bonds. The van der Waals surface area contributed by atoms with E-state index in [9.17, 15) is 9.59 Å². The zero-order chi connectivity index (χ0) is 19.3. The van der Waals surface area contributed by atoms with Gasteiger partial charge in [-0.2, -0.15) is 5.10 Å². The summed E-state index contributed by atoms with van der Waals surface area (Å²) in [7, 11) is 1.35. The molecule has 2 aromatic rings. The van der Waals surface area contributed by atoms with E-state index in [-0.39, 0.29) is 16.0 Å². The van der Waals surface area contributed by atoms with Gasteiger partial charge in [0.15, 0.2) is 0 Å². The van der Waals surface area contributed by atoms with E-state index >= 15 is 0 Å². The highest BCUT2D eigenvalue weighted by Crippen LogP contribution is 2.45. The number of carbonyl (C=O) groups excluding carboxylic acids is 2. The van der Waals surface area contributed by atoms with Gasteiger partial charge in [0.05, 0.1) is 29.4 Å². The molecular formula is C19H20N2O4S2. The first-order chi connectivity index (χ1) is 13.0. The number of hydrogen-bond acceptors (Lipinski definition) is 7. The van der Waals surface area contributed by atoms with Crippen LogP contribution < -0.4 is 5.43 Å². The van der Waals surface area contributed by atoms with E-state index < -0.39 is 0 Å². The van der Waals surface area contributed by atoms with Gasteiger partial charge in [0.2, 0.25) is 5.91 Å². The Morgan fingerprint density at radius 3 is 2.59 bits per heavy atom. The fourth-order valence-electron chi connectivity index (χ4n) is 2.62. The van der Waals surface area contributed by atoms with Crippen molar-refractivity contribution in [2.75, 3.05) is 18.6 Å². The molecule has 1 aliphatic heterocycles. The molecule has 1 aromatic carbocycles. The van der Waals surface area contributed by atoms with E-state index in [4.69, 9.17) is 4.42 Å². The molecule has 1 aromatic heterocycles. The number of ether oxygens (including phenoxy) is 1. The third-order valence-electron chi connectivity index (χ3n) is 3.98. The highest BCUT2D eigenvalue weighted by Gasteiger charge is 2.32. The van der Waals surface area contributed by atoms with Crippen molar-refractivity contribution in [2.45, 2.75) is 17.4 Å². The van der Waals surface area contributed by atoms with Gasteiger partial charge in [-0.25, -0.2) is 10.2 Å². The molecule has 27 heavy (non-hydrogen) atoms. The first-order valence-electron chi connectivity index (χ1n) is 8.37. The largest absolute Gasteiger partial charge is 0.465 e. The summed E-state index contributed by atoms with van der Waals surface area (Å²) < 4.78 is 10.3. The van der Waals surface area contributed by atoms with Gasteiger partial charge >= 0.3 is 5.97 Å². The molecule has 0 unspecified atom stereocenters. The number of benzene rings is 1. The van der Waals surface area contributed by atoms with Crippen molar-refractivity contribution in [1.29, 1.82) is 0 Å². The summed E-state index contributed by atoms with van der Waals surface area (Å²) >= 11 is 3.62. The van der Waals surface area contributed by atoms with Crippen molar-refractivity contribution < 1.29 is 18.7 Å². The Labute approximate surface area is 166 Å². The summed E-state index contributed by atoms with van der Waals surface area (Å²) in [5, 5.41) is 3.97. The van der Waals surface area contributed by atoms with E-state index in [1.54, 1.807) is 30.3 Å². The van der Waals surface area contributed by atoms with E-state index in [2.05, 4.69) is 22.2 Å². The van der Waals surface area contributed by atoms with Crippen LogP contribution in [0, 0.1) is 0 Å². The van der Waals surface area contributed by atoms with Gasteiger partial charge in [-0.05, 0) is 31.2 Å². The molecule has 8 heteroatoms. The van der Waals surface area contributed by atoms with E-state index in [0.717, 1.165) is 17.1 Å². The van der Waals surface area contributed by atoms with Gasteiger partial charge in [-0.15, -0.1) is 23.5 Å². The minimum absolute atomic E-state index is 0.0617. The van der Waals surface area contributed by atoms with Crippen molar-refractivity contribution in [3.63, 3.8) is 0 Å². The summed E-state index contributed by atoms with van der Waals surface area (Å²) in [5.74, 6) is 2.83. The summed E-state index contributed by atoms with van der Waals surface area (Å²) in [5.41, 5.74) is 3.86. The molecule has 1 saturated heterocycles. The second kappa shape index (κ2) is 8.67. The molecular weight excluding hydrogens is 384 g/mol. The third-order valence-corrected chi connectivity index (χ3v) is 7.27. The second-order valence-electron chi connectivity index (χ2n) is 6.07. The Kier molecular flexibility index (Phi) is 6.28. The smallest absolute Gasteiger partial charge is 0.337 e. The maximum Gasteiger partial charge on any atom is 0.337 e. The maximum absolute atomic E-state index is 12.0. The Hall–Kier alpha value is -2.19. The standard InChI is InChI=1S/C19H20N2O4S2/c1-19(26-9-10-27-19)11-17(22)21-20-12-15-7-8-16(25-15)13-3-5-14(6-4-13)18(23)24-2/h3-8,12H,9-11H2,1-2H3,(H,21,22)/b20-12+. The summed E-state index contributed by atoms with van der Waals surface area (Å²) in [6.07, 6.45) is 1.90. The van der Waals surface area contributed by atoms with Crippen LogP contribution in [0.1, 0.15) is 29.5 Å². The van der Waals surface area contributed by atoms with Gasteiger partial charge in [-0.3, -0.25) is 4.79 Å². The average molecular weight is 405 g/mol. The lowest BCUT2D eigenvalue weighted by atomic mass is 10.1. The minimum atomic E-state index is -0.382. The highest BCUT2D eigenvalue weighted by molar-refractivity contribution is 8.21. The fraction of sp³-hybridized carbons (Fsp3) is 0.316. The lowest BCUT2D eigenvalue weighted by molar-refractivity contribution is -0.121. The van der Waals surface area contributed by atoms with E-state index in [0.29, 0.717) is 23.5 Å². The molecule has 0 bridgehead atoms. The molecule has 1 aliphatic rings. The number of nitrogens with one attached hydrogen (secondary N) is 1. The summed E-state index contributed by atoms with van der Waals surface area (Å²) in [6.45, 7) is 2.09. The average Bonchev–Trinajstić information content (AvgIpc) is 3.30. The Balaban J connectivity index is 1.56. The molecule has 3 rings (SSSR count). The number of hydrogen-bond donors (Lipinski definition) is 1. The lowest BCUT2D eigenvalue weighted by Crippen LogP contribution is -2.26. The number of amides is 1. The number of methoxy groups -OCH3 is 1. The molecule has 1 fully saturated rings. The molecule has 0 atom stereocenters. The molecule has 0 aliphatic carbocycles. The zero-order valence-corrected chi connectivity index (χ0v) is 16.7. The van der Waals surface area contributed by atoms with Crippen LogP contribution >= 0.6 is 23.5 Å². The monoisotopic (exact) mass is 404 g/mol. The van der Waals surface area contributed by atoms with Crippen molar-refractivity contribution in [3.8, 4) is 11.3 Å². The normalized spacial score (nSPS) is 15.8. The van der Waals surface area contributed by atoms with Gasteiger partial charge in [0.25, 0.3) is 0 Å². The van der Waals surface area contributed by atoms with Crippen molar-refractivity contribution in [2.24, 2.45) is 5.10 Å². The number of carbonyl (C=O) groups is 2. The molecule has 6 nitrogen and oxygen atoms in total. The van der Waals surface area contributed by atoms with Crippen LogP contribution in [0.3, 0.4) is 0 Å². The highest BCUT2D eigenvalue weighted by atomic mass is 32.2. The SMILES string of the molecule is COC(=O)c1ccc(-c2ccc(/C=N/NC(=O)CC3(C)SCCS3)o2)cc1. The van der Waals surface area contributed by atoms with Crippen LogP contribution in [-0.4, -0.2) is 40.8 Å². The third kappa shape index (κ3) is 5.17. The molecule has 142 valence electrons.